The largest absolute Gasteiger partial charge is 0.380 e. The van der Waals surface area contributed by atoms with Crippen LogP contribution in [0.3, 0.4) is 0 Å². The average molecular weight is 519 g/mol. The molecular formula is C33H46N2O3. The third kappa shape index (κ3) is 8.83. The Morgan fingerprint density at radius 1 is 1.13 bits per heavy atom. The molecule has 0 spiro atoms. The van der Waals surface area contributed by atoms with E-state index in [1.165, 1.54) is 5.56 Å². The summed E-state index contributed by atoms with van der Waals surface area (Å²) in [6, 6.07) is 11.7. The lowest BCUT2D eigenvalue weighted by molar-refractivity contribution is 0.0169. The first-order valence-electron chi connectivity index (χ1n) is 14.3. The van der Waals surface area contributed by atoms with Gasteiger partial charge in [-0.1, -0.05) is 55.8 Å². The summed E-state index contributed by atoms with van der Waals surface area (Å²) in [5.74, 6) is 0.668. The summed E-state index contributed by atoms with van der Waals surface area (Å²) < 4.78 is 5.76. The average Bonchev–Trinajstić information content (AvgIpc) is 2.90. The molecule has 0 radical (unpaired) electrons. The molecule has 1 saturated heterocycles. The number of hydrogen-bond acceptors (Lipinski definition) is 4. The fraction of sp³-hybridized carbons (Fsp3) is 0.515. The van der Waals surface area contributed by atoms with E-state index in [1.807, 2.05) is 50.2 Å². The van der Waals surface area contributed by atoms with E-state index in [-0.39, 0.29) is 17.8 Å². The van der Waals surface area contributed by atoms with E-state index in [4.69, 9.17) is 4.74 Å². The van der Waals surface area contributed by atoms with Crippen LogP contribution in [0.15, 0.2) is 36.4 Å². The van der Waals surface area contributed by atoms with Gasteiger partial charge < -0.3 is 15.0 Å². The minimum absolute atomic E-state index is 0.0592. The topological polar surface area (TPSA) is 58.6 Å². The molecule has 0 saturated carbocycles. The number of rotatable bonds is 13. The maximum absolute atomic E-state index is 13.0. The molecule has 2 unspecified atom stereocenters. The quantitative estimate of drug-likeness (QED) is 0.373. The Labute approximate surface area is 229 Å². The number of nitrogens with one attached hydrogen (secondary N) is 1. The van der Waals surface area contributed by atoms with Crippen molar-refractivity contribution in [3.63, 3.8) is 0 Å². The lowest BCUT2D eigenvalue weighted by Gasteiger charge is -2.23. The number of carbonyl (C=O) groups is 2. The van der Waals surface area contributed by atoms with Gasteiger partial charge >= 0.3 is 0 Å². The van der Waals surface area contributed by atoms with Gasteiger partial charge in [-0.25, -0.2) is 0 Å². The van der Waals surface area contributed by atoms with Gasteiger partial charge in [0.25, 0.3) is 5.91 Å². The Morgan fingerprint density at radius 3 is 2.58 bits per heavy atom. The van der Waals surface area contributed by atoms with Crippen molar-refractivity contribution in [2.75, 3.05) is 26.7 Å². The Morgan fingerprint density at radius 2 is 1.89 bits per heavy atom. The molecule has 1 fully saturated rings. The molecule has 1 N–H and O–H groups in total. The predicted molar refractivity (Wildman–Crippen MR) is 157 cm³/mol. The summed E-state index contributed by atoms with van der Waals surface area (Å²) in [6.07, 6.45) is 10.2. The van der Waals surface area contributed by atoms with Crippen LogP contribution in [-0.4, -0.2) is 49.4 Å². The number of amides is 1. The molecule has 0 aliphatic carbocycles. The van der Waals surface area contributed by atoms with E-state index in [0.29, 0.717) is 24.4 Å². The zero-order valence-corrected chi connectivity index (χ0v) is 23.9. The third-order valence-corrected chi connectivity index (χ3v) is 7.60. The summed E-state index contributed by atoms with van der Waals surface area (Å²) in [5.41, 5.74) is 3.61. The van der Waals surface area contributed by atoms with Gasteiger partial charge in [0.2, 0.25) is 0 Å². The van der Waals surface area contributed by atoms with Crippen molar-refractivity contribution in [3.8, 4) is 0 Å². The molecule has 2 atom stereocenters. The molecule has 1 heterocycles. The second-order valence-corrected chi connectivity index (χ2v) is 10.9. The first kappa shape index (κ1) is 29.6. The van der Waals surface area contributed by atoms with Crippen LogP contribution in [0.1, 0.15) is 90.1 Å². The Kier molecular flexibility index (Phi) is 11.6. The standard InChI is InChI=1S/C33H46N2O3/c1-6-10-27(11-9-13-32(36)28-17-14-24(2)15-18-28)22-35(5)23-31-25(3)16-19-30(26(31)4)33(37)34-21-29-12-7-8-20-38-29/h14-19,23,27,29H,3,6-13,20-22H2,1-2,4-5H3,(H,34,37)/b31-23+. The molecule has 206 valence electrons. The van der Waals surface area contributed by atoms with Crippen LogP contribution in [0.5, 0.6) is 0 Å². The molecule has 0 aromatic heterocycles. The van der Waals surface area contributed by atoms with Gasteiger partial charge in [-0.2, -0.15) is 0 Å². The van der Waals surface area contributed by atoms with E-state index in [0.717, 1.165) is 79.7 Å². The van der Waals surface area contributed by atoms with Crippen molar-refractivity contribution in [1.82, 2.24) is 10.2 Å². The molecule has 38 heavy (non-hydrogen) atoms. The second kappa shape index (κ2) is 14.9. The second-order valence-electron chi connectivity index (χ2n) is 10.9. The molecule has 1 amide bonds. The molecule has 2 aromatic rings. The van der Waals surface area contributed by atoms with Crippen molar-refractivity contribution in [2.24, 2.45) is 5.92 Å². The van der Waals surface area contributed by atoms with E-state index in [1.54, 1.807) is 0 Å². The lowest BCUT2D eigenvalue weighted by Crippen LogP contribution is -2.38. The molecular weight excluding hydrogens is 472 g/mol. The fourth-order valence-corrected chi connectivity index (χ4v) is 5.33. The van der Waals surface area contributed by atoms with Gasteiger partial charge in [0, 0.05) is 55.7 Å². The SMILES string of the molecule is C=c1ccc(C(=O)NCC2CCCCO2)c(C)/c1=C/N(C)CC(CCC)CCCC(=O)c1ccc(C)cc1. The number of nitrogens with zero attached hydrogens (tertiary/aromatic N) is 1. The molecule has 5 heteroatoms. The minimum atomic E-state index is -0.0592. The van der Waals surface area contributed by atoms with Crippen molar-refractivity contribution >= 4 is 24.5 Å². The highest BCUT2D eigenvalue weighted by Crippen LogP contribution is 2.18. The van der Waals surface area contributed by atoms with Crippen LogP contribution >= 0.6 is 0 Å². The highest BCUT2D eigenvalue weighted by molar-refractivity contribution is 5.96. The smallest absolute Gasteiger partial charge is 0.251 e. The van der Waals surface area contributed by atoms with E-state index < -0.39 is 0 Å². The van der Waals surface area contributed by atoms with E-state index >= 15 is 0 Å². The number of ketones is 1. The van der Waals surface area contributed by atoms with Gasteiger partial charge in [0.1, 0.15) is 0 Å². The lowest BCUT2D eigenvalue weighted by atomic mass is 9.94. The normalized spacial score (nSPS) is 16.7. The monoisotopic (exact) mass is 518 g/mol. The third-order valence-electron chi connectivity index (χ3n) is 7.60. The summed E-state index contributed by atoms with van der Waals surface area (Å²) in [5, 5.41) is 4.98. The Balaban J connectivity index is 1.61. The van der Waals surface area contributed by atoms with Crippen LogP contribution in [0, 0.1) is 19.8 Å². The predicted octanol–water partition coefficient (Wildman–Crippen LogP) is 5.15. The van der Waals surface area contributed by atoms with E-state index in [9.17, 15) is 9.59 Å². The van der Waals surface area contributed by atoms with Crippen LogP contribution < -0.4 is 15.8 Å². The first-order chi connectivity index (χ1) is 18.3. The van der Waals surface area contributed by atoms with Crippen LogP contribution in [-0.2, 0) is 4.74 Å². The van der Waals surface area contributed by atoms with Gasteiger partial charge in [0.15, 0.2) is 5.78 Å². The minimum Gasteiger partial charge on any atom is -0.380 e. The van der Waals surface area contributed by atoms with E-state index in [2.05, 4.69) is 37.0 Å². The van der Waals surface area contributed by atoms with Gasteiger partial charge in [-0.3, -0.25) is 9.59 Å². The zero-order chi connectivity index (χ0) is 27.5. The number of aryl methyl sites for hydroxylation is 1. The molecule has 2 aromatic carbocycles. The summed E-state index contributed by atoms with van der Waals surface area (Å²) in [7, 11) is 2.09. The van der Waals surface area contributed by atoms with Crippen molar-refractivity contribution in [3.05, 3.63) is 69.1 Å². The maximum Gasteiger partial charge on any atom is 0.251 e. The number of carbonyl (C=O) groups excluding carboxylic acids is 2. The molecule has 0 bridgehead atoms. The maximum atomic E-state index is 13.0. The number of hydrogen-bond donors (Lipinski definition) is 1. The first-order valence-corrected chi connectivity index (χ1v) is 14.3. The number of benzene rings is 2. The van der Waals surface area contributed by atoms with Gasteiger partial charge in [-0.15, -0.1) is 0 Å². The summed E-state index contributed by atoms with van der Waals surface area (Å²) in [6.45, 7) is 12.7. The highest BCUT2D eigenvalue weighted by Gasteiger charge is 2.17. The molecule has 5 nitrogen and oxygen atoms in total. The number of ether oxygens (including phenoxy) is 1. The Bertz CT molecular complexity index is 1170. The summed E-state index contributed by atoms with van der Waals surface area (Å²) >= 11 is 0. The van der Waals surface area contributed by atoms with Crippen LogP contribution in [0.4, 0.5) is 0 Å². The van der Waals surface area contributed by atoms with Crippen LogP contribution in [0.25, 0.3) is 12.8 Å². The molecule has 1 aliphatic heterocycles. The van der Waals surface area contributed by atoms with Gasteiger partial charge in [0.05, 0.1) is 6.10 Å². The van der Waals surface area contributed by atoms with Crippen molar-refractivity contribution < 1.29 is 14.3 Å². The highest BCUT2D eigenvalue weighted by atomic mass is 16.5. The molecule has 3 rings (SSSR count). The van der Waals surface area contributed by atoms with Crippen LogP contribution in [0.2, 0.25) is 0 Å². The number of Topliss-reactive ketones (excluding diaryl/α,β-unsaturated/α-hetero) is 1. The van der Waals surface area contributed by atoms with Gasteiger partial charge in [-0.05, 0) is 75.1 Å². The zero-order valence-electron chi connectivity index (χ0n) is 23.9. The molecule has 1 aliphatic rings. The van der Waals surface area contributed by atoms with Crippen molar-refractivity contribution in [1.29, 1.82) is 0 Å². The fourth-order valence-electron chi connectivity index (χ4n) is 5.33. The summed E-state index contributed by atoms with van der Waals surface area (Å²) in [4.78, 5) is 27.8. The van der Waals surface area contributed by atoms with Crippen molar-refractivity contribution in [2.45, 2.75) is 78.2 Å². The Hall–Kier alpha value is -2.92.